The summed E-state index contributed by atoms with van der Waals surface area (Å²) in [5, 5.41) is 11.5. The van der Waals surface area contributed by atoms with Gasteiger partial charge < -0.3 is 4.74 Å². The number of benzene rings is 1. The smallest absolute Gasteiger partial charge is 0.272 e. The highest BCUT2D eigenvalue weighted by Gasteiger charge is 2.22. The molecule has 4 aromatic rings. The van der Waals surface area contributed by atoms with Gasteiger partial charge >= 0.3 is 0 Å². The van der Waals surface area contributed by atoms with E-state index in [1.165, 1.54) is 16.9 Å². The Bertz CT molecular complexity index is 1230. The van der Waals surface area contributed by atoms with Crippen LogP contribution in [0.2, 0.25) is 0 Å². The summed E-state index contributed by atoms with van der Waals surface area (Å²) >= 11 is 3.08. The minimum absolute atomic E-state index is 0.0121. The monoisotopic (exact) mass is 424 g/mol. The van der Waals surface area contributed by atoms with E-state index in [1.807, 2.05) is 21.9 Å². The summed E-state index contributed by atoms with van der Waals surface area (Å²) in [4.78, 5) is 13.1. The van der Waals surface area contributed by atoms with Crippen LogP contribution in [-0.4, -0.2) is 31.9 Å². The number of rotatable bonds is 6. The molecule has 0 N–H and O–H groups in total. The molecule has 29 heavy (non-hydrogen) atoms. The normalized spacial score (nSPS) is 16.8. The highest BCUT2D eigenvalue weighted by Crippen LogP contribution is 2.27. The van der Waals surface area contributed by atoms with Crippen LogP contribution < -0.4 is 5.56 Å². The van der Waals surface area contributed by atoms with Gasteiger partial charge in [-0.2, -0.15) is 0 Å². The number of hydrogen-bond acceptors (Lipinski definition) is 6. The van der Waals surface area contributed by atoms with Crippen molar-refractivity contribution in [3.63, 3.8) is 0 Å². The van der Waals surface area contributed by atoms with Crippen LogP contribution in [0, 0.1) is 0 Å². The average Bonchev–Trinajstić information content (AvgIpc) is 3.50. The van der Waals surface area contributed by atoms with Crippen LogP contribution in [-0.2, 0) is 17.0 Å². The fourth-order valence-electron chi connectivity index (χ4n) is 3.65. The van der Waals surface area contributed by atoms with E-state index < -0.39 is 0 Å². The molecular formula is C21H20N4O2S2. The van der Waals surface area contributed by atoms with Gasteiger partial charge in [0.25, 0.3) is 5.56 Å². The largest absolute Gasteiger partial charge is 0.376 e. The van der Waals surface area contributed by atoms with E-state index in [2.05, 4.69) is 41.0 Å². The van der Waals surface area contributed by atoms with E-state index in [4.69, 9.17) is 4.74 Å². The van der Waals surface area contributed by atoms with Gasteiger partial charge in [-0.25, -0.2) is 0 Å². The molecule has 1 aliphatic rings. The molecule has 4 heterocycles. The number of nitrogens with zero attached hydrogens (tertiary/aromatic N) is 4. The molecule has 1 aromatic carbocycles. The van der Waals surface area contributed by atoms with Crippen LogP contribution in [0.1, 0.15) is 24.0 Å². The molecule has 0 amide bonds. The van der Waals surface area contributed by atoms with Crippen molar-refractivity contribution in [2.24, 2.45) is 0 Å². The molecule has 6 nitrogen and oxygen atoms in total. The Morgan fingerprint density at radius 3 is 2.90 bits per heavy atom. The third-order valence-electron chi connectivity index (χ3n) is 5.18. The average molecular weight is 425 g/mol. The maximum Gasteiger partial charge on any atom is 0.272 e. The second-order valence-electron chi connectivity index (χ2n) is 7.04. The first-order chi connectivity index (χ1) is 14.2. The van der Waals surface area contributed by atoms with E-state index in [9.17, 15) is 4.79 Å². The lowest BCUT2D eigenvalue weighted by Gasteiger charge is -2.13. The fourth-order valence-corrected chi connectivity index (χ4v) is 5.37. The van der Waals surface area contributed by atoms with Crippen LogP contribution in [0.4, 0.5) is 0 Å². The van der Waals surface area contributed by atoms with E-state index in [-0.39, 0.29) is 11.7 Å². The molecular weight excluding hydrogens is 404 g/mol. The zero-order valence-corrected chi connectivity index (χ0v) is 17.4. The zero-order valence-electron chi connectivity index (χ0n) is 15.8. The van der Waals surface area contributed by atoms with Crippen molar-refractivity contribution in [2.45, 2.75) is 36.4 Å². The number of thiophene rings is 1. The van der Waals surface area contributed by atoms with Gasteiger partial charge in [0.1, 0.15) is 4.70 Å². The fraction of sp³-hybridized carbons (Fsp3) is 0.286. The molecule has 0 radical (unpaired) electrons. The van der Waals surface area contributed by atoms with Crippen molar-refractivity contribution in [3.8, 4) is 0 Å². The minimum Gasteiger partial charge on any atom is -0.376 e. The Morgan fingerprint density at radius 1 is 1.28 bits per heavy atom. The van der Waals surface area contributed by atoms with Crippen molar-refractivity contribution < 1.29 is 4.74 Å². The highest BCUT2D eigenvalue weighted by molar-refractivity contribution is 7.98. The summed E-state index contributed by atoms with van der Waals surface area (Å²) < 4.78 is 10.2. The van der Waals surface area contributed by atoms with Gasteiger partial charge in [0.2, 0.25) is 5.78 Å². The van der Waals surface area contributed by atoms with E-state index in [1.54, 1.807) is 16.3 Å². The molecule has 8 heteroatoms. The first kappa shape index (κ1) is 18.6. The standard InChI is InChI=1S/C21H20N4O2S2/c1-2-14-5-7-15(8-6-14)13-29-21-23-22-20-24(12-16-4-3-10-27-16)19(26)18-17(25(20)21)9-11-28-18/h2,5-9,11,16H,1,3-4,10,12-13H2. The van der Waals surface area contributed by atoms with Crippen molar-refractivity contribution >= 4 is 45.2 Å². The molecule has 0 bridgehead atoms. The summed E-state index contributed by atoms with van der Waals surface area (Å²) in [6, 6.07) is 10.3. The predicted molar refractivity (Wildman–Crippen MR) is 118 cm³/mol. The molecule has 1 saturated heterocycles. The zero-order chi connectivity index (χ0) is 19.8. The minimum atomic E-state index is -0.0121. The molecule has 3 aromatic heterocycles. The lowest BCUT2D eigenvalue weighted by atomic mass is 10.1. The maximum absolute atomic E-state index is 13.1. The van der Waals surface area contributed by atoms with Gasteiger partial charge in [0, 0.05) is 12.4 Å². The summed E-state index contributed by atoms with van der Waals surface area (Å²) in [5.74, 6) is 1.36. The van der Waals surface area contributed by atoms with Crippen molar-refractivity contribution in [1.29, 1.82) is 0 Å². The Morgan fingerprint density at radius 2 is 2.14 bits per heavy atom. The van der Waals surface area contributed by atoms with Gasteiger partial charge in [-0.05, 0) is 35.4 Å². The van der Waals surface area contributed by atoms with Gasteiger partial charge in [0.15, 0.2) is 5.16 Å². The summed E-state index contributed by atoms with van der Waals surface area (Å²) in [6.07, 6.45) is 3.90. The first-order valence-electron chi connectivity index (χ1n) is 9.55. The van der Waals surface area contributed by atoms with Crippen LogP contribution in [0.3, 0.4) is 0 Å². The Hall–Kier alpha value is -2.42. The number of fused-ring (bicyclic) bond motifs is 3. The summed E-state index contributed by atoms with van der Waals surface area (Å²) in [6.45, 7) is 5.07. The van der Waals surface area contributed by atoms with Crippen LogP contribution in [0.15, 0.2) is 52.2 Å². The Balaban J connectivity index is 1.53. The summed E-state index contributed by atoms with van der Waals surface area (Å²) in [5.41, 5.74) is 3.16. The lowest BCUT2D eigenvalue weighted by Crippen LogP contribution is -2.28. The van der Waals surface area contributed by atoms with Crippen molar-refractivity contribution in [2.75, 3.05) is 6.61 Å². The van der Waals surface area contributed by atoms with Crippen LogP contribution in [0.25, 0.3) is 22.1 Å². The quantitative estimate of drug-likeness (QED) is 0.434. The SMILES string of the molecule is C=Cc1ccc(CSc2nnc3n(CC4CCCO4)c(=O)c4sccc4n23)cc1. The summed E-state index contributed by atoms with van der Waals surface area (Å²) in [7, 11) is 0. The van der Waals surface area contributed by atoms with Crippen molar-refractivity contribution in [3.05, 3.63) is 63.8 Å². The molecule has 0 aliphatic carbocycles. The number of thioether (sulfide) groups is 1. The second kappa shape index (κ2) is 7.78. The van der Waals surface area contributed by atoms with Crippen molar-refractivity contribution in [1.82, 2.24) is 19.2 Å². The van der Waals surface area contributed by atoms with Gasteiger partial charge in [-0.15, -0.1) is 21.5 Å². The lowest BCUT2D eigenvalue weighted by molar-refractivity contribution is 0.0969. The van der Waals surface area contributed by atoms with E-state index in [0.29, 0.717) is 12.3 Å². The first-order valence-corrected chi connectivity index (χ1v) is 11.4. The second-order valence-corrected chi connectivity index (χ2v) is 8.90. The maximum atomic E-state index is 13.1. The third-order valence-corrected chi connectivity index (χ3v) is 7.07. The topological polar surface area (TPSA) is 61.4 Å². The van der Waals surface area contributed by atoms with Crippen LogP contribution in [0.5, 0.6) is 0 Å². The molecule has 148 valence electrons. The van der Waals surface area contributed by atoms with E-state index in [0.717, 1.165) is 46.1 Å². The molecule has 1 unspecified atom stereocenters. The molecule has 0 saturated carbocycles. The number of ether oxygens (including phenoxy) is 1. The molecule has 0 spiro atoms. The number of aromatic nitrogens is 4. The molecule has 5 rings (SSSR count). The van der Waals surface area contributed by atoms with Gasteiger partial charge in [-0.1, -0.05) is 48.7 Å². The highest BCUT2D eigenvalue weighted by atomic mass is 32.2. The molecule has 1 atom stereocenters. The predicted octanol–water partition coefficient (Wildman–Crippen LogP) is 4.22. The van der Waals surface area contributed by atoms with Gasteiger partial charge in [-0.3, -0.25) is 13.8 Å². The third kappa shape index (κ3) is 3.41. The molecule has 1 aliphatic heterocycles. The molecule has 1 fully saturated rings. The number of hydrogen-bond donors (Lipinski definition) is 0. The Labute approximate surface area is 175 Å². The Kier molecular flexibility index (Phi) is 4.99. The van der Waals surface area contributed by atoms with E-state index >= 15 is 0 Å². The van der Waals surface area contributed by atoms with Crippen LogP contribution >= 0.6 is 23.1 Å². The van der Waals surface area contributed by atoms with Gasteiger partial charge in [0.05, 0.1) is 18.2 Å².